The van der Waals surface area contributed by atoms with Gasteiger partial charge in [-0.2, -0.15) is 0 Å². The van der Waals surface area contributed by atoms with Crippen LogP contribution in [0.25, 0.3) is 0 Å². The molecule has 0 aliphatic carbocycles. The van der Waals surface area contributed by atoms with Crippen molar-refractivity contribution >= 4 is 11.9 Å². The lowest BCUT2D eigenvalue weighted by Crippen LogP contribution is -2.28. The van der Waals surface area contributed by atoms with Crippen LogP contribution in [0.4, 0.5) is 0 Å². The van der Waals surface area contributed by atoms with E-state index in [0.717, 1.165) is 38.0 Å². The molecule has 296 valence electrons. The summed E-state index contributed by atoms with van der Waals surface area (Å²) in [5.74, 6) is 0.134. The third kappa shape index (κ3) is 38.9. The number of rotatable bonds is 37. The molecule has 0 aliphatic rings. The zero-order chi connectivity index (χ0) is 37.5. The Hall–Kier alpha value is -2.18. The molecule has 0 spiro atoms. The normalized spacial score (nSPS) is 13.4. The molecule has 2 atom stereocenters. The average Bonchev–Trinajstić information content (AvgIpc) is 3.11. The zero-order valence-electron chi connectivity index (χ0n) is 33.4. The molecule has 0 rings (SSSR count). The predicted octanol–water partition coefficient (Wildman–Crippen LogP) is 12.2. The van der Waals surface area contributed by atoms with E-state index >= 15 is 0 Å². The van der Waals surface area contributed by atoms with Gasteiger partial charge in [-0.1, -0.05) is 185 Å². The number of ether oxygens (including phenoxy) is 2. The molecule has 0 aromatic rings. The van der Waals surface area contributed by atoms with Crippen LogP contribution in [0, 0.1) is 5.92 Å². The van der Waals surface area contributed by atoms with Gasteiger partial charge in [0.25, 0.3) is 0 Å². The monoisotopic (exact) mass is 717 g/mol. The number of aliphatic hydroxyl groups excluding tert-OH is 2. The van der Waals surface area contributed by atoms with Gasteiger partial charge in [0.1, 0.15) is 6.61 Å². The van der Waals surface area contributed by atoms with Crippen LogP contribution < -0.4 is 0 Å². The maximum absolute atomic E-state index is 12.2. The Kier molecular flexibility index (Phi) is 37.4. The molecule has 0 saturated heterocycles. The van der Waals surface area contributed by atoms with E-state index in [4.69, 9.17) is 9.47 Å². The molecule has 0 aromatic carbocycles. The lowest BCUT2D eigenvalue weighted by molar-refractivity contribution is -0.161. The van der Waals surface area contributed by atoms with Crippen molar-refractivity contribution in [3.8, 4) is 0 Å². The minimum absolute atomic E-state index is 0.114. The summed E-state index contributed by atoms with van der Waals surface area (Å²) in [4.78, 5) is 24.3. The van der Waals surface area contributed by atoms with Crippen LogP contribution in [0.1, 0.15) is 194 Å². The van der Waals surface area contributed by atoms with Crippen LogP contribution in [-0.4, -0.2) is 47.6 Å². The van der Waals surface area contributed by atoms with E-state index < -0.39 is 18.2 Å². The van der Waals surface area contributed by atoms with E-state index in [-0.39, 0.29) is 25.6 Å². The minimum Gasteiger partial charge on any atom is -0.462 e. The van der Waals surface area contributed by atoms with Crippen LogP contribution in [0.5, 0.6) is 0 Å². The summed E-state index contributed by atoms with van der Waals surface area (Å²) >= 11 is 0. The van der Waals surface area contributed by atoms with Crippen molar-refractivity contribution in [2.45, 2.75) is 206 Å². The highest BCUT2D eigenvalue weighted by Gasteiger charge is 2.16. The summed E-state index contributed by atoms with van der Waals surface area (Å²) in [5.41, 5.74) is 0. The average molecular weight is 717 g/mol. The van der Waals surface area contributed by atoms with Crippen LogP contribution in [0.2, 0.25) is 0 Å². The van der Waals surface area contributed by atoms with Crippen molar-refractivity contribution in [2.75, 3.05) is 13.2 Å². The van der Waals surface area contributed by atoms with Gasteiger partial charge in [-0.3, -0.25) is 9.59 Å². The van der Waals surface area contributed by atoms with Gasteiger partial charge in [0.05, 0.1) is 12.7 Å². The third-order valence-electron chi connectivity index (χ3n) is 9.13. The smallest absolute Gasteiger partial charge is 0.306 e. The van der Waals surface area contributed by atoms with Crippen molar-refractivity contribution in [3.63, 3.8) is 0 Å². The maximum atomic E-state index is 12.2. The number of allylic oxidation sites excluding steroid dienone is 6. The van der Waals surface area contributed by atoms with E-state index in [2.05, 4.69) is 39.0 Å². The molecule has 0 radical (unpaired) electrons. The van der Waals surface area contributed by atoms with Crippen molar-refractivity contribution in [2.24, 2.45) is 5.92 Å². The Balaban J connectivity index is 3.69. The van der Waals surface area contributed by atoms with Crippen LogP contribution in [0.3, 0.4) is 0 Å². The van der Waals surface area contributed by atoms with E-state index in [1.807, 2.05) is 24.3 Å². The Morgan fingerprint density at radius 1 is 0.608 bits per heavy atom. The van der Waals surface area contributed by atoms with Crippen LogP contribution >= 0.6 is 0 Å². The lowest BCUT2D eigenvalue weighted by Gasteiger charge is -2.15. The van der Waals surface area contributed by atoms with Crippen molar-refractivity contribution < 1.29 is 29.3 Å². The lowest BCUT2D eigenvalue weighted by atomic mass is 10.0. The van der Waals surface area contributed by atoms with Crippen LogP contribution in [-0.2, 0) is 19.1 Å². The Labute approximate surface area is 314 Å². The first-order valence-electron chi connectivity index (χ1n) is 21.2. The molecule has 0 heterocycles. The highest BCUT2D eigenvalue weighted by molar-refractivity contribution is 5.70. The fourth-order valence-corrected chi connectivity index (χ4v) is 5.87. The van der Waals surface area contributed by atoms with Crippen molar-refractivity contribution in [1.82, 2.24) is 0 Å². The van der Waals surface area contributed by atoms with Gasteiger partial charge in [0.2, 0.25) is 0 Å². The molecular weight excluding hydrogens is 636 g/mol. The summed E-state index contributed by atoms with van der Waals surface area (Å²) in [7, 11) is 0. The number of esters is 2. The molecule has 0 saturated carbocycles. The second kappa shape index (κ2) is 39.0. The van der Waals surface area contributed by atoms with E-state index in [9.17, 15) is 19.8 Å². The molecular formula is C45H80O6. The minimum atomic E-state index is -0.832. The van der Waals surface area contributed by atoms with E-state index in [1.165, 1.54) is 109 Å². The van der Waals surface area contributed by atoms with Gasteiger partial charge in [-0.25, -0.2) is 0 Å². The Morgan fingerprint density at radius 3 is 1.75 bits per heavy atom. The van der Waals surface area contributed by atoms with Gasteiger partial charge in [-0.15, -0.1) is 0 Å². The molecule has 0 amide bonds. The first kappa shape index (κ1) is 48.8. The van der Waals surface area contributed by atoms with Gasteiger partial charge in [-0.05, 0) is 50.9 Å². The van der Waals surface area contributed by atoms with E-state index in [0.29, 0.717) is 25.7 Å². The second-order valence-corrected chi connectivity index (χ2v) is 14.7. The molecule has 6 nitrogen and oxygen atoms in total. The molecule has 0 bridgehead atoms. The van der Waals surface area contributed by atoms with Gasteiger partial charge < -0.3 is 19.7 Å². The number of hydrogen-bond donors (Lipinski definition) is 2. The summed E-state index contributed by atoms with van der Waals surface area (Å²) in [6.07, 6.45) is 44.9. The Bertz CT molecular complexity index is 889. The standard InChI is InChI=1S/C45H80O6/c1-4-5-6-7-8-17-21-25-30-35-42(47)36-31-26-23-28-33-38-45(49)51-43(39-46)40-50-44(48)37-32-27-22-19-16-14-12-10-9-11-13-15-18-20-24-29-34-41(2)3/h8,17,23,25-26,30-31,36,41-43,46-47H,4-7,9-16,18-22,24,27-29,32-35,37-40H2,1-3H3/b17-8-,26-23+,30-25-,36-31-/t42?,43-/m0/s1. The maximum Gasteiger partial charge on any atom is 0.306 e. The highest BCUT2D eigenvalue weighted by Crippen LogP contribution is 2.15. The predicted molar refractivity (Wildman–Crippen MR) is 216 cm³/mol. The second-order valence-electron chi connectivity index (χ2n) is 14.7. The summed E-state index contributed by atoms with van der Waals surface area (Å²) in [5, 5.41) is 19.6. The van der Waals surface area contributed by atoms with Crippen molar-refractivity contribution in [1.29, 1.82) is 0 Å². The number of hydrogen-bond acceptors (Lipinski definition) is 6. The number of aliphatic hydroxyl groups is 2. The van der Waals surface area contributed by atoms with Gasteiger partial charge in [0.15, 0.2) is 6.10 Å². The molecule has 0 aliphatic heterocycles. The molecule has 51 heavy (non-hydrogen) atoms. The topological polar surface area (TPSA) is 93.1 Å². The summed E-state index contributed by atoms with van der Waals surface area (Å²) in [6, 6.07) is 0. The number of carbonyl (C=O) groups is 2. The third-order valence-corrected chi connectivity index (χ3v) is 9.13. The largest absolute Gasteiger partial charge is 0.462 e. The fraction of sp³-hybridized carbons (Fsp3) is 0.778. The van der Waals surface area contributed by atoms with Gasteiger partial charge >= 0.3 is 11.9 Å². The molecule has 1 unspecified atom stereocenters. The highest BCUT2D eigenvalue weighted by atomic mass is 16.6. The Morgan fingerprint density at radius 2 is 1.16 bits per heavy atom. The van der Waals surface area contributed by atoms with E-state index in [1.54, 1.807) is 6.08 Å². The van der Waals surface area contributed by atoms with Crippen molar-refractivity contribution in [3.05, 3.63) is 48.6 Å². The SMILES string of the molecule is CCCCC/C=C\C/C=C\CC(O)/C=C\C=C\CCCC(=O)O[C@@H](CO)COC(=O)CCCCCCCCCCCCCCCCCCC(C)C. The quantitative estimate of drug-likeness (QED) is 0.0288. The summed E-state index contributed by atoms with van der Waals surface area (Å²) < 4.78 is 10.5. The zero-order valence-corrected chi connectivity index (χ0v) is 33.4. The number of unbranched alkanes of at least 4 members (excludes halogenated alkanes) is 19. The first-order valence-corrected chi connectivity index (χ1v) is 21.2. The molecule has 0 aromatic heterocycles. The summed E-state index contributed by atoms with van der Waals surface area (Å²) in [6.45, 7) is 6.35. The first-order chi connectivity index (χ1) is 24.9. The molecule has 0 fully saturated rings. The molecule has 6 heteroatoms. The number of carbonyl (C=O) groups excluding carboxylic acids is 2. The van der Waals surface area contributed by atoms with Gasteiger partial charge in [0, 0.05) is 12.8 Å². The molecule has 2 N–H and O–H groups in total. The van der Waals surface area contributed by atoms with Crippen LogP contribution in [0.15, 0.2) is 48.6 Å². The fourth-order valence-electron chi connectivity index (χ4n) is 5.87.